The predicted molar refractivity (Wildman–Crippen MR) is 104 cm³/mol. The number of hydrogen-bond acceptors (Lipinski definition) is 2. The van der Waals surface area contributed by atoms with E-state index in [2.05, 4.69) is 12.2 Å². The van der Waals surface area contributed by atoms with Crippen molar-refractivity contribution in [3.8, 4) is 0 Å². The van der Waals surface area contributed by atoms with Gasteiger partial charge in [0, 0.05) is 13.1 Å². The van der Waals surface area contributed by atoms with E-state index in [-0.39, 0.29) is 24.1 Å². The predicted octanol–water partition coefficient (Wildman–Crippen LogP) is 3.70. The van der Waals surface area contributed by atoms with Crippen LogP contribution >= 0.6 is 0 Å². The minimum atomic E-state index is -0.588. The number of halogens is 1. The molecule has 4 nitrogen and oxygen atoms in total. The lowest BCUT2D eigenvalue weighted by Crippen LogP contribution is -2.48. The summed E-state index contributed by atoms with van der Waals surface area (Å²) in [5.74, 6) is -0.661. The summed E-state index contributed by atoms with van der Waals surface area (Å²) in [5.41, 5.74) is 1.68. The normalized spacial score (nSPS) is 11.7. The fraction of sp³-hybridized carbons (Fsp3) is 0.364. The summed E-state index contributed by atoms with van der Waals surface area (Å²) in [5, 5.41) is 2.89. The highest BCUT2D eigenvalue weighted by molar-refractivity contribution is 5.88. The third-order valence-corrected chi connectivity index (χ3v) is 4.46. The van der Waals surface area contributed by atoms with E-state index in [1.54, 1.807) is 24.0 Å². The summed E-state index contributed by atoms with van der Waals surface area (Å²) in [7, 11) is 0. The van der Waals surface area contributed by atoms with Gasteiger partial charge in [0.15, 0.2) is 0 Å². The minimum Gasteiger partial charge on any atom is -0.354 e. The van der Waals surface area contributed by atoms with Crippen molar-refractivity contribution in [3.05, 3.63) is 71.5 Å². The van der Waals surface area contributed by atoms with Gasteiger partial charge in [-0.1, -0.05) is 55.8 Å². The van der Waals surface area contributed by atoms with Crippen LogP contribution in [0.4, 0.5) is 4.39 Å². The van der Waals surface area contributed by atoms with E-state index in [1.165, 1.54) is 12.1 Å². The number of nitrogens with one attached hydrogen (secondary N) is 1. The van der Waals surface area contributed by atoms with Crippen LogP contribution in [-0.2, 0) is 22.6 Å². The molecule has 0 fully saturated rings. The molecule has 0 spiro atoms. The van der Waals surface area contributed by atoms with Gasteiger partial charge in [0.05, 0.1) is 6.42 Å². The number of benzene rings is 2. The van der Waals surface area contributed by atoms with E-state index in [1.807, 2.05) is 30.3 Å². The van der Waals surface area contributed by atoms with Crippen LogP contribution in [0.5, 0.6) is 0 Å². The first-order valence-corrected chi connectivity index (χ1v) is 9.36. The van der Waals surface area contributed by atoms with E-state index in [0.29, 0.717) is 13.1 Å². The van der Waals surface area contributed by atoms with E-state index in [0.717, 1.165) is 24.0 Å². The molecule has 1 N–H and O–H groups in total. The maximum Gasteiger partial charge on any atom is 0.242 e. The maximum atomic E-state index is 13.1. The molecule has 0 radical (unpaired) electrons. The molecule has 2 amide bonds. The number of rotatable bonds is 9. The molecule has 2 aromatic carbocycles. The van der Waals surface area contributed by atoms with Gasteiger partial charge in [-0.05, 0) is 36.6 Å². The molecule has 0 unspecified atom stereocenters. The third-order valence-electron chi connectivity index (χ3n) is 4.46. The number of hydrogen-bond donors (Lipinski definition) is 1. The average molecular weight is 370 g/mol. The Bertz CT molecular complexity index is 732. The average Bonchev–Trinajstić information content (AvgIpc) is 2.68. The van der Waals surface area contributed by atoms with Crippen LogP contribution in [0.3, 0.4) is 0 Å². The van der Waals surface area contributed by atoms with Gasteiger partial charge >= 0.3 is 0 Å². The Morgan fingerprint density at radius 1 is 1.04 bits per heavy atom. The van der Waals surface area contributed by atoms with Gasteiger partial charge in [-0.15, -0.1) is 0 Å². The lowest BCUT2D eigenvalue weighted by molar-refractivity contribution is -0.140. The second-order valence-electron chi connectivity index (χ2n) is 6.63. The van der Waals surface area contributed by atoms with E-state index < -0.39 is 6.04 Å². The lowest BCUT2D eigenvalue weighted by Gasteiger charge is -2.29. The highest BCUT2D eigenvalue weighted by Crippen LogP contribution is 2.13. The molecule has 144 valence electrons. The Balaban J connectivity index is 2.13. The second-order valence-corrected chi connectivity index (χ2v) is 6.63. The largest absolute Gasteiger partial charge is 0.354 e. The van der Waals surface area contributed by atoms with Crippen molar-refractivity contribution in [3.63, 3.8) is 0 Å². The van der Waals surface area contributed by atoms with Crippen molar-refractivity contribution in [1.82, 2.24) is 10.2 Å². The number of nitrogens with zero attached hydrogens (tertiary/aromatic N) is 1. The summed E-state index contributed by atoms with van der Waals surface area (Å²) < 4.78 is 13.1. The molecule has 2 rings (SSSR count). The molecule has 0 aliphatic heterocycles. The highest BCUT2D eigenvalue weighted by atomic mass is 19.1. The topological polar surface area (TPSA) is 49.4 Å². The quantitative estimate of drug-likeness (QED) is 0.684. The zero-order valence-electron chi connectivity index (χ0n) is 16.0. The van der Waals surface area contributed by atoms with Crippen molar-refractivity contribution in [1.29, 1.82) is 0 Å². The van der Waals surface area contributed by atoms with Gasteiger partial charge in [0.25, 0.3) is 0 Å². The monoisotopic (exact) mass is 370 g/mol. The van der Waals surface area contributed by atoms with Gasteiger partial charge < -0.3 is 10.2 Å². The van der Waals surface area contributed by atoms with E-state index in [9.17, 15) is 14.0 Å². The molecule has 0 aromatic heterocycles. The molecule has 1 atom stereocenters. The van der Waals surface area contributed by atoms with Crippen molar-refractivity contribution >= 4 is 11.8 Å². The third kappa shape index (κ3) is 6.51. The van der Waals surface area contributed by atoms with Crippen LogP contribution in [0.2, 0.25) is 0 Å². The van der Waals surface area contributed by atoms with Gasteiger partial charge in [-0.2, -0.15) is 0 Å². The van der Waals surface area contributed by atoms with E-state index in [4.69, 9.17) is 0 Å². The number of unbranched alkanes of at least 4 members (excludes halogenated alkanes) is 1. The van der Waals surface area contributed by atoms with Crippen molar-refractivity contribution < 1.29 is 14.0 Å². The zero-order valence-corrected chi connectivity index (χ0v) is 16.0. The van der Waals surface area contributed by atoms with Crippen molar-refractivity contribution in [2.24, 2.45) is 0 Å². The highest BCUT2D eigenvalue weighted by Gasteiger charge is 2.25. The summed E-state index contributed by atoms with van der Waals surface area (Å²) in [4.78, 5) is 27.0. The molecule has 0 saturated heterocycles. The smallest absolute Gasteiger partial charge is 0.242 e. The molecule has 0 aliphatic carbocycles. The minimum absolute atomic E-state index is 0.125. The Hall–Kier alpha value is -2.69. The number of carbonyl (C=O) groups excluding carboxylic acids is 2. The second kappa shape index (κ2) is 10.5. The van der Waals surface area contributed by atoms with Crippen LogP contribution in [0, 0.1) is 5.82 Å². The number of amides is 2. The fourth-order valence-electron chi connectivity index (χ4n) is 2.78. The molecule has 5 heteroatoms. The zero-order chi connectivity index (χ0) is 19.6. The fourth-order valence-corrected chi connectivity index (χ4v) is 2.78. The van der Waals surface area contributed by atoms with Crippen LogP contribution in [0.15, 0.2) is 54.6 Å². The first kappa shape index (κ1) is 20.6. The summed E-state index contributed by atoms with van der Waals surface area (Å²) >= 11 is 0. The number of carbonyl (C=O) groups is 2. The van der Waals surface area contributed by atoms with Gasteiger partial charge in [-0.3, -0.25) is 9.59 Å². The molecular weight excluding hydrogens is 343 g/mol. The van der Waals surface area contributed by atoms with Gasteiger partial charge in [0.1, 0.15) is 11.9 Å². The lowest BCUT2D eigenvalue weighted by atomic mass is 10.1. The van der Waals surface area contributed by atoms with Crippen LogP contribution in [0.25, 0.3) is 0 Å². The summed E-state index contributed by atoms with van der Waals surface area (Å²) in [6.07, 6.45) is 2.02. The summed E-state index contributed by atoms with van der Waals surface area (Å²) in [6.45, 7) is 4.75. The Morgan fingerprint density at radius 3 is 2.33 bits per heavy atom. The molecule has 27 heavy (non-hydrogen) atoms. The van der Waals surface area contributed by atoms with Crippen LogP contribution < -0.4 is 5.32 Å². The Morgan fingerprint density at radius 2 is 1.70 bits per heavy atom. The summed E-state index contributed by atoms with van der Waals surface area (Å²) in [6, 6.07) is 14.9. The van der Waals surface area contributed by atoms with Crippen LogP contribution in [0.1, 0.15) is 37.8 Å². The van der Waals surface area contributed by atoms with Crippen LogP contribution in [-0.4, -0.2) is 29.3 Å². The Labute approximate surface area is 160 Å². The van der Waals surface area contributed by atoms with Crippen molar-refractivity contribution in [2.45, 2.75) is 45.7 Å². The van der Waals surface area contributed by atoms with Crippen molar-refractivity contribution in [2.75, 3.05) is 6.54 Å². The maximum absolute atomic E-state index is 13.1. The first-order valence-electron chi connectivity index (χ1n) is 9.36. The SMILES string of the molecule is CCCCNC(=O)[C@@H](C)N(Cc1ccccc1)C(=O)Cc1ccc(F)cc1. The van der Waals surface area contributed by atoms with E-state index >= 15 is 0 Å². The van der Waals surface area contributed by atoms with Gasteiger partial charge in [-0.25, -0.2) is 4.39 Å². The molecule has 0 heterocycles. The molecule has 0 aliphatic rings. The standard InChI is InChI=1S/C22H27FN2O2/c1-3-4-14-24-22(27)17(2)25(16-19-8-6-5-7-9-19)21(26)15-18-10-12-20(23)13-11-18/h5-13,17H,3-4,14-16H2,1-2H3,(H,24,27)/t17-/m1/s1. The first-order chi connectivity index (χ1) is 13.0. The molecule has 2 aromatic rings. The molecule has 0 saturated carbocycles. The Kier molecular flexibility index (Phi) is 7.99. The van der Waals surface area contributed by atoms with Gasteiger partial charge in [0.2, 0.25) is 11.8 Å². The molecular formula is C22H27FN2O2. The molecule has 0 bridgehead atoms.